The van der Waals surface area contributed by atoms with E-state index in [1.54, 1.807) is 0 Å². The van der Waals surface area contributed by atoms with Crippen molar-refractivity contribution in [3.05, 3.63) is 0 Å². The minimum Gasteiger partial charge on any atom is -0.353 e. The van der Waals surface area contributed by atoms with E-state index < -0.39 is 0 Å². The Morgan fingerprint density at radius 1 is 1.12 bits per heavy atom. The first-order chi connectivity index (χ1) is 7.65. The minimum atomic E-state index is 0.189. The molecule has 3 N–H and O–H groups in total. The Morgan fingerprint density at radius 2 is 1.81 bits per heavy atom. The molecule has 0 saturated heterocycles. The van der Waals surface area contributed by atoms with Crippen LogP contribution in [0.5, 0.6) is 0 Å². The van der Waals surface area contributed by atoms with Gasteiger partial charge in [0.2, 0.25) is 5.91 Å². The number of hydrogen-bond donors (Lipinski definition) is 2. The van der Waals surface area contributed by atoms with Crippen LogP contribution in [0.15, 0.2) is 0 Å². The van der Waals surface area contributed by atoms with Crippen molar-refractivity contribution in [3.8, 4) is 0 Å². The molecule has 0 heterocycles. The Kier molecular flexibility index (Phi) is 3.85. The predicted molar refractivity (Wildman–Crippen MR) is 64.9 cm³/mol. The Hall–Kier alpha value is -0.570. The lowest BCUT2D eigenvalue weighted by Crippen LogP contribution is -2.40. The molecule has 2 aliphatic rings. The molecule has 3 nitrogen and oxygen atoms in total. The van der Waals surface area contributed by atoms with E-state index in [1.165, 1.54) is 12.8 Å². The van der Waals surface area contributed by atoms with Gasteiger partial charge in [-0.15, -0.1) is 0 Å². The second-order valence-electron chi connectivity index (χ2n) is 5.74. The van der Waals surface area contributed by atoms with Crippen LogP contribution in [0.25, 0.3) is 0 Å². The number of nitrogens with two attached hydrogens (primary N) is 1. The summed E-state index contributed by atoms with van der Waals surface area (Å²) in [6, 6.07) is 0.683. The van der Waals surface area contributed by atoms with E-state index in [4.69, 9.17) is 5.73 Å². The molecule has 3 heteroatoms. The van der Waals surface area contributed by atoms with Crippen molar-refractivity contribution >= 4 is 5.91 Å². The zero-order valence-corrected chi connectivity index (χ0v) is 10.2. The Labute approximate surface area is 98.2 Å². The number of nitrogens with one attached hydrogen (secondary N) is 1. The highest BCUT2D eigenvalue weighted by molar-refractivity contribution is 5.79. The van der Waals surface area contributed by atoms with Gasteiger partial charge < -0.3 is 11.1 Å². The third-order valence-corrected chi connectivity index (χ3v) is 4.21. The van der Waals surface area contributed by atoms with Crippen LogP contribution in [-0.4, -0.2) is 18.0 Å². The van der Waals surface area contributed by atoms with Crippen molar-refractivity contribution < 1.29 is 4.79 Å². The molecule has 2 unspecified atom stereocenters. The maximum Gasteiger partial charge on any atom is 0.223 e. The predicted octanol–water partition coefficient (Wildman–Crippen LogP) is 1.81. The van der Waals surface area contributed by atoms with Gasteiger partial charge in [0.15, 0.2) is 0 Å². The summed E-state index contributed by atoms with van der Waals surface area (Å²) in [4.78, 5) is 12.0. The summed E-state index contributed by atoms with van der Waals surface area (Å²) in [5.41, 5.74) is 5.83. The lowest BCUT2D eigenvalue weighted by Gasteiger charge is -2.27. The molecule has 2 saturated carbocycles. The van der Waals surface area contributed by atoms with Gasteiger partial charge in [-0.05, 0) is 50.9 Å². The van der Waals surface area contributed by atoms with Crippen molar-refractivity contribution in [2.45, 2.75) is 64.0 Å². The molecular weight excluding hydrogens is 200 g/mol. The van der Waals surface area contributed by atoms with Gasteiger partial charge in [0.25, 0.3) is 0 Å². The second kappa shape index (κ2) is 5.17. The van der Waals surface area contributed by atoms with E-state index in [9.17, 15) is 4.79 Å². The van der Waals surface area contributed by atoms with Gasteiger partial charge in [-0.2, -0.15) is 0 Å². The molecule has 0 aromatic rings. The maximum absolute atomic E-state index is 12.0. The molecule has 1 amide bonds. The van der Waals surface area contributed by atoms with Gasteiger partial charge in [0, 0.05) is 18.0 Å². The Bertz CT molecular complexity index is 246. The minimum absolute atomic E-state index is 0.189. The summed E-state index contributed by atoms with van der Waals surface area (Å²) in [7, 11) is 0. The lowest BCUT2D eigenvalue weighted by molar-refractivity contribution is -0.125. The molecule has 0 aromatic heterocycles. The Morgan fingerprint density at radius 3 is 2.38 bits per heavy atom. The van der Waals surface area contributed by atoms with Crippen LogP contribution in [0.3, 0.4) is 0 Å². The molecule has 92 valence electrons. The Balaban J connectivity index is 1.75. The maximum atomic E-state index is 12.0. The summed E-state index contributed by atoms with van der Waals surface area (Å²) in [5.74, 6) is 1.29. The zero-order chi connectivity index (χ0) is 11.5. The molecule has 0 radical (unpaired) electrons. The number of hydrogen-bond acceptors (Lipinski definition) is 2. The molecular formula is C13H24N2O. The first-order valence-corrected chi connectivity index (χ1v) is 6.71. The fraction of sp³-hybridized carbons (Fsp3) is 0.923. The molecule has 2 rings (SSSR count). The topological polar surface area (TPSA) is 55.1 Å². The van der Waals surface area contributed by atoms with Crippen molar-refractivity contribution in [3.63, 3.8) is 0 Å². The van der Waals surface area contributed by atoms with E-state index in [-0.39, 0.29) is 17.9 Å². The molecule has 16 heavy (non-hydrogen) atoms. The average Bonchev–Trinajstić information content (AvgIpc) is 2.68. The van der Waals surface area contributed by atoms with Gasteiger partial charge in [0.05, 0.1) is 0 Å². The second-order valence-corrected chi connectivity index (χ2v) is 5.74. The lowest BCUT2D eigenvalue weighted by atomic mass is 9.87. The van der Waals surface area contributed by atoms with E-state index in [1.807, 2.05) is 0 Å². The smallest absolute Gasteiger partial charge is 0.223 e. The zero-order valence-electron chi connectivity index (χ0n) is 10.2. The average molecular weight is 224 g/mol. The molecule has 2 aliphatic carbocycles. The highest BCUT2D eigenvalue weighted by Gasteiger charge is 2.29. The van der Waals surface area contributed by atoms with Gasteiger partial charge in [-0.25, -0.2) is 0 Å². The number of amides is 1. The van der Waals surface area contributed by atoms with Crippen LogP contribution in [0.2, 0.25) is 0 Å². The number of carbonyl (C=O) groups is 1. The van der Waals surface area contributed by atoms with Crippen LogP contribution in [0, 0.1) is 11.8 Å². The van der Waals surface area contributed by atoms with Crippen LogP contribution in [0.1, 0.15) is 51.9 Å². The van der Waals surface area contributed by atoms with E-state index >= 15 is 0 Å². The number of rotatable bonds is 2. The van der Waals surface area contributed by atoms with E-state index in [0.717, 1.165) is 38.0 Å². The van der Waals surface area contributed by atoms with Crippen LogP contribution < -0.4 is 11.1 Å². The summed E-state index contributed by atoms with van der Waals surface area (Å²) >= 11 is 0. The van der Waals surface area contributed by atoms with Crippen molar-refractivity contribution in [1.82, 2.24) is 5.32 Å². The highest BCUT2D eigenvalue weighted by atomic mass is 16.1. The van der Waals surface area contributed by atoms with Crippen LogP contribution >= 0.6 is 0 Å². The highest BCUT2D eigenvalue weighted by Crippen LogP contribution is 2.27. The summed E-state index contributed by atoms with van der Waals surface area (Å²) < 4.78 is 0. The quantitative estimate of drug-likeness (QED) is 0.751. The van der Waals surface area contributed by atoms with Crippen molar-refractivity contribution in [1.29, 1.82) is 0 Å². The summed E-state index contributed by atoms with van der Waals surface area (Å²) in [6.07, 6.45) is 7.71. The van der Waals surface area contributed by atoms with E-state index in [2.05, 4.69) is 12.2 Å². The summed E-state index contributed by atoms with van der Waals surface area (Å²) in [6.45, 7) is 2.30. The number of carbonyl (C=O) groups excluding carboxylic acids is 1. The first kappa shape index (κ1) is 11.9. The standard InChI is InChI=1S/C13H24N2O/c1-9-2-6-12(7-3-9)15-13(16)10-4-5-11(14)8-10/h9-12H,2-8,14H2,1H3,(H,15,16). The fourth-order valence-corrected chi connectivity index (χ4v) is 2.98. The largest absolute Gasteiger partial charge is 0.353 e. The van der Waals surface area contributed by atoms with Crippen LogP contribution in [0.4, 0.5) is 0 Å². The van der Waals surface area contributed by atoms with Gasteiger partial charge in [-0.3, -0.25) is 4.79 Å². The molecule has 0 aliphatic heterocycles. The first-order valence-electron chi connectivity index (χ1n) is 6.71. The van der Waals surface area contributed by atoms with Crippen molar-refractivity contribution in [2.75, 3.05) is 0 Å². The monoisotopic (exact) mass is 224 g/mol. The van der Waals surface area contributed by atoms with Gasteiger partial charge >= 0.3 is 0 Å². The van der Waals surface area contributed by atoms with Crippen LogP contribution in [-0.2, 0) is 4.79 Å². The molecule has 0 bridgehead atoms. The molecule has 0 aromatic carbocycles. The third kappa shape index (κ3) is 2.97. The fourth-order valence-electron chi connectivity index (χ4n) is 2.98. The normalized spacial score (nSPS) is 39.6. The molecule has 2 fully saturated rings. The van der Waals surface area contributed by atoms with Crippen molar-refractivity contribution in [2.24, 2.45) is 17.6 Å². The van der Waals surface area contributed by atoms with Gasteiger partial charge in [-0.1, -0.05) is 6.92 Å². The third-order valence-electron chi connectivity index (χ3n) is 4.21. The van der Waals surface area contributed by atoms with E-state index in [0.29, 0.717) is 6.04 Å². The molecule has 0 spiro atoms. The summed E-state index contributed by atoms with van der Waals surface area (Å²) in [5, 5.41) is 3.21. The molecule has 2 atom stereocenters. The van der Waals surface area contributed by atoms with Gasteiger partial charge in [0.1, 0.15) is 0 Å². The SMILES string of the molecule is CC1CCC(NC(=O)C2CCC(N)C2)CC1.